The Kier molecular flexibility index (Phi) is 3.70. The van der Waals surface area contributed by atoms with E-state index >= 15 is 0 Å². The fourth-order valence-corrected chi connectivity index (χ4v) is 3.71. The van der Waals surface area contributed by atoms with Crippen LogP contribution < -0.4 is 5.73 Å². The summed E-state index contributed by atoms with van der Waals surface area (Å²) in [4.78, 5) is 26.3. The van der Waals surface area contributed by atoms with Gasteiger partial charge in [0.1, 0.15) is 0 Å². The monoisotopic (exact) mass is 286 g/mol. The van der Waals surface area contributed by atoms with Gasteiger partial charge in [0.25, 0.3) is 0 Å². The molecule has 1 aromatic rings. The number of amides is 2. The molecule has 1 spiro atoms. The maximum atomic E-state index is 12.5. The molecular formula is C17H22N2O2. The first kappa shape index (κ1) is 14.1. The summed E-state index contributed by atoms with van der Waals surface area (Å²) >= 11 is 0. The van der Waals surface area contributed by atoms with Crippen molar-refractivity contribution in [3.8, 4) is 0 Å². The Morgan fingerprint density at radius 1 is 1.00 bits per heavy atom. The Bertz CT molecular complexity index is 542. The van der Waals surface area contributed by atoms with Gasteiger partial charge in [-0.1, -0.05) is 37.5 Å². The van der Waals surface area contributed by atoms with Gasteiger partial charge in [0.2, 0.25) is 11.8 Å². The molecule has 1 heterocycles. The largest absolute Gasteiger partial charge is 0.398 e. The van der Waals surface area contributed by atoms with E-state index < -0.39 is 0 Å². The van der Waals surface area contributed by atoms with Crippen molar-refractivity contribution in [3.63, 3.8) is 0 Å². The Balaban J connectivity index is 1.75. The zero-order valence-corrected chi connectivity index (χ0v) is 12.3. The average molecular weight is 286 g/mol. The normalized spacial score (nSPS) is 21.8. The van der Waals surface area contributed by atoms with Gasteiger partial charge >= 0.3 is 0 Å². The van der Waals surface area contributed by atoms with Crippen molar-refractivity contribution in [2.24, 2.45) is 5.41 Å². The van der Waals surface area contributed by atoms with Gasteiger partial charge in [-0.3, -0.25) is 14.5 Å². The molecule has 4 nitrogen and oxygen atoms in total. The molecule has 0 bridgehead atoms. The van der Waals surface area contributed by atoms with Crippen LogP contribution in [0.3, 0.4) is 0 Å². The van der Waals surface area contributed by atoms with Crippen molar-refractivity contribution >= 4 is 17.5 Å². The first-order chi connectivity index (χ1) is 10.1. The Hall–Kier alpha value is -1.84. The van der Waals surface area contributed by atoms with Crippen molar-refractivity contribution in [2.75, 3.05) is 5.73 Å². The minimum Gasteiger partial charge on any atom is -0.398 e. The zero-order valence-electron chi connectivity index (χ0n) is 12.3. The number of nitrogens with two attached hydrogens (primary N) is 1. The molecule has 1 aliphatic carbocycles. The second-order valence-electron chi connectivity index (χ2n) is 6.49. The van der Waals surface area contributed by atoms with E-state index in [0.29, 0.717) is 25.1 Å². The third-order valence-corrected chi connectivity index (χ3v) is 4.95. The van der Waals surface area contributed by atoms with Crippen LogP contribution in [0.15, 0.2) is 24.3 Å². The van der Waals surface area contributed by atoms with E-state index in [4.69, 9.17) is 5.73 Å². The first-order valence-corrected chi connectivity index (χ1v) is 7.76. The second-order valence-corrected chi connectivity index (χ2v) is 6.49. The van der Waals surface area contributed by atoms with Crippen LogP contribution in [0, 0.1) is 5.41 Å². The van der Waals surface area contributed by atoms with E-state index in [0.717, 1.165) is 31.2 Å². The number of rotatable bonds is 2. The molecule has 0 atom stereocenters. The quantitative estimate of drug-likeness (QED) is 0.671. The van der Waals surface area contributed by atoms with Crippen LogP contribution in [0.4, 0.5) is 5.69 Å². The number of piperidine rings is 1. The van der Waals surface area contributed by atoms with E-state index in [9.17, 15) is 9.59 Å². The highest BCUT2D eigenvalue weighted by atomic mass is 16.2. The van der Waals surface area contributed by atoms with Crippen LogP contribution >= 0.6 is 0 Å². The molecule has 1 aliphatic heterocycles. The summed E-state index contributed by atoms with van der Waals surface area (Å²) < 4.78 is 0. The van der Waals surface area contributed by atoms with Crippen LogP contribution in [0.1, 0.15) is 50.5 Å². The highest BCUT2D eigenvalue weighted by Crippen LogP contribution is 2.45. The number of hydrogen-bond acceptors (Lipinski definition) is 3. The summed E-state index contributed by atoms with van der Waals surface area (Å²) in [5, 5.41) is 0. The standard InChI is InChI=1S/C17H22N2O2/c18-14-7-3-2-6-13(14)12-19-15(20)10-17(11-16(19)21)8-4-1-5-9-17/h2-3,6-7H,1,4-5,8-12,18H2. The van der Waals surface area contributed by atoms with Gasteiger partial charge in [-0.25, -0.2) is 0 Å². The van der Waals surface area contributed by atoms with E-state index in [1.54, 1.807) is 6.07 Å². The fraction of sp³-hybridized carbons (Fsp3) is 0.529. The Labute approximate surface area is 125 Å². The predicted octanol–water partition coefficient (Wildman–Crippen LogP) is 2.87. The summed E-state index contributed by atoms with van der Waals surface area (Å²) in [6.07, 6.45) is 6.60. The van der Waals surface area contributed by atoms with Gasteiger partial charge in [-0.2, -0.15) is 0 Å². The summed E-state index contributed by atoms with van der Waals surface area (Å²) in [6.45, 7) is 0.306. The van der Waals surface area contributed by atoms with Gasteiger partial charge in [0.05, 0.1) is 6.54 Å². The molecule has 2 aliphatic rings. The smallest absolute Gasteiger partial charge is 0.230 e. The van der Waals surface area contributed by atoms with Crippen molar-refractivity contribution in [1.29, 1.82) is 0 Å². The number of hydrogen-bond donors (Lipinski definition) is 1. The molecule has 0 radical (unpaired) electrons. The fourth-order valence-electron chi connectivity index (χ4n) is 3.71. The number of anilines is 1. The van der Waals surface area contributed by atoms with Gasteiger partial charge in [-0.15, -0.1) is 0 Å². The highest BCUT2D eigenvalue weighted by Gasteiger charge is 2.43. The van der Waals surface area contributed by atoms with E-state index in [1.807, 2.05) is 18.2 Å². The summed E-state index contributed by atoms with van der Waals surface area (Å²) in [5.41, 5.74) is 7.35. The lowest BCUT2D eigenvalue weighted by molar-refractivity contribution is -0.155. The molecule has 112 valence electrons. The third kappa shape index (κ3) is 2.80. The Morgan fingerprint density at radius 3 is 2.24 bits per heavy atom. The molecule has 21 heavy (non-hydrogen) atoms. The molecule has 2 fully saturated rings. The molecule has 1 aromatic carbocycles. The molecule has 0 aromatic heterocycles. The zero-order chi connectivity index (χ0) is 14.9. The van der Waals surface area contributed by atoms with Gasteiger partial charge in [0, 0.05) is 18.5 Å². The number of imide groups is 1. The lowest BCUT2D eigenvalue weighted by Gasteiger charge is -2.42. The highest BCUT2D eigenvalue weighted by molar-refractivity contribution is 5.98. The topological polar surface area (TPSA) is 63.4 Å². The number of carbonyl (C=O) groups excluding carboxylic acids is 2. The molecule has 1 saturated heterocycles. The van der Waals surface area contributed by atoms with E-state index in [-0.39, 0.29) is 17.2 Å². The minimum absolute atomic E-state index is 0.0311. The van der Waals surface area contributed by atoms with Gasteiger partial charge in [-0.05, 0) is 29.9 Å². The van der Waals surface area contributed by atoms with Crippen molar-refractivity contribution in [3.05, 3.63) is 29.8 Å². The molecule has 2 amide bonds. The number of likely N-dealkylation sites (tertiary alicyclic amines) is 1. The van der Waals surface area contributed by atoms with Crippen LogP contribution in [-0.2, 0) is 16.1 Å². The lowest BCUT2D eigenvalue weighted by atomic mass is 9.67. The first-order valence-electron chi connectivity index (χ1n) is 7.76. The van der Waals surface area contributed by atoms with Gasteiger partial charge < -0.3 is 5.73 Å². The van der Waals surface area contributed by atoms with Crippen molar-refractivity contribution in [1.82, 2.24) is 4.90 Å². The number of para-hydroxylation sites is 1. The summed E-state index contributed by atoms with van der Waals surface area (Å²) in [7, 11) is 0. The maximum absolute atomic E-state index is 12.5. The summed E-state index contributed by atoms with van der Waals surface area (Å²) in [5.74, 6) is -0.0622. The van der Waals surface area contributed by atoms with Crippen LogP contribution in [0.2, 0.25) is 0 Å². The average Bonchev–Trinajstić information content (AvgIpc) is 2.45. The number of benzene rings is 1. The van der Waals surface area contributed by atoms with E-state index in [2.05, 4.69) is 0 Å². The SMILES string of the molecule is Nc1ccccc1CN1C(=O)CC2(CCCCC2)CC1=O. The van der Waals surface area contributed by atoms with Gasteiger partial charge in [0.15, 0.2) is 0 Å². The molecule has 1 saturated carbocycles. The van der Waals surface area contributed by atoms with E-state index in [1.165, 1.54) is 11.3 Å². The molecular weight excluding hydrogens is 264 g/mol. The predicted molar refractivity (Wildman–Crippen MR) is 81.2 cm³/mol. The third-order valence-electron chi connectivity index (χ3n) is 4.95. The Morgan fingerprint density at radius 2 is 1.62 bits per heavy atom. The summed E-state index contributed by atoms with van der Waals surface area (Å²) in [6, 6.07) is 7.42. The minimum atomic E-state index is -0.0504. The number of nitrogens with zero attached hydrogens (tertiary/aromatic N) is 1. The maximum Gasteiger partial charge on any atom is 0.230 e. The second kappa shape index (κ2) is 5.51. The van der Waals surface area contributed by atoms with Crippen LogP contribution in [0.25, 0.3) is 0 Å². The molecule has 4 heteroatoms. The number of carbonyl (C=O) groups is 2. The molecule has 0 unspecified atom stereocenters. The van der Waals surface area contributed by atoms with Crippen molar-refractivity contribution in [2.45, 2.75) is 51.5 Å². The molecule has 2 N–H and O–H groups in total. The van der Waals surface area contributed by atoms with Crippen LogP contribution in [-0.4, -0.2) is 16.7 Å². The van der Waals surface area contributed by atoms with Crippen LogP contribution in [0.5, 0.6) is 0 Å². The number of nitrogen functional groups attached to an aromatic ring is 1. The molecule has 3 rings (SSSR count). The lowest BCUT2D eigenvalue weighted by Crippen LogP contribution is -2.48. The van der Waals surface area contributed by atoms with Crippen molar-refractivity contribution < 1.29 is 9.59 Å².